The van der Waals surface area contributed by atoms with E-state index in [0.717, 1.165) is 4.47 Å². The lowest BCUT2D eigenvalue weighted by molar-refractivity contribution is -0.125. The summed E-state index contributed by atoms with van der Waals surface area (Å²) in [6.07, 6.45) is 0. The van der Waals surface area contributed by atoms with Crippen LogP contribution in [0.5, 0.6) is 0 Å². The van der Waals surface area contributed by atoms with Gasteiger partial charge in [-0.25, -0.2) is 4.79 Å². The summed E-state index contributed by atoms with van der Waals surface area (Å²) in [5.41, 5.74) is 0.660. The zero-order valence-electron chi connectivity index (χ0n) is 9.37. The van der Waals surface area contributed by atoms with E-state index in [2.05, 4.69) is 26.6 Å². The van der Waals surface area contributed by atoms with E-state index < -0.39 is 0 Å². The number of urea groups is 1. The molecule has 1 aromatic rings. The number of carbonyl (C=O) groups is 2. The Labute approximate surface area is 118 Å². The molecule has 2 rings (SSSR count). The fourth-order valence-electron chi connectivity index (χ4n) is 1.61. The van der Waals surface area contributed by atoms with Crippen molar-refractivity contribution in [3.63, 3.8) is 0 Å². The molecule has 3 amide bonds. The highest BCUT2D eigenvalue weighted by atomic mass is 79.9. The van der Waals surface area contributed by atoms with Crippen LogP contribution in [0, 0.1) is 0 Å². The Morgan fingerprint density at radius 2 is 2.33 bits per heavy atom. The van der Waals surface area contributed by atoms with Crippen molar-refractivity contribution < 1.29 is 9.59 Å². The second-order valence-electron chi connectivity index (χ2n) is 3.76. The Morgan fingerprint density at radius 3 is 2.94 bits per heavy atom. The van der Waals surface area contributed by atoms with Gasteiger partial charge >= 0.3 is 6.03 Å². The first kappa shape index (κ1) is 13.2. The van der Waals surface area contributed by atoms with E-state index in [4.69, 9.17) is 11.6 Å². The molecular weight excluding hydrogens is 321 g/mol. The molecule has 1 fully saturated rings. The lowest BCUT2D eigenvalue weighted by atomic mass is 10.3. The molecule has 1 heterocycles. The van der Waals surface area contributed by atoms with E-state index in [1.807, 2.05) is 6.07 Å². The van der Waals surface area contributed by atoms with Crippen LogP contribution in [0.2, 0.25) is 5.02 Å². The van der Waals surface area contributed by atoms with E-state index in [1.54, 1.807) is 12.1 Å². The zero-order chi connectivity index (χ0) is 13.1. The number of anilines is 1. The summed E-state index contributed by atoms with van der Waals surface area (Å²) in [4.78, 5) is 24.2. The summed E-state index contributed by atoms with van der Waals surface area (Å²) in [6.45, 7) is 0.950. The topological polar surface area (TPSA) is 61.4 Å². The molecule has 1 aromatic carbocycles. The number of hydrogen-bond donors (Lipinski definition) is 2. The summed E-state index contributed by atoms with van der Waals surface area (Å²) in [7, 11) is 0. The van der Waals surface area contributed by atoms with Crippen LogP contribution in [-0.4, -0.2) is 36.5 Å². The molecule has 18 heavy (non-hydrogen) atoms. The van der Waals surface area contributed by atoms with E-state index >= 15 is 0 Å². The van der Waals surface area contributed by atoms with Crippen molar-refractivity contribution in [2.75, 3.05) is 25.0 Å². The molecule has 1 aliphatic heterocycles. The molecule has 5 nitrogen and oxygen atoms in total. The molecule has 0 saturated carbocycles. The highest BCUT2D eigenvalue weighted by Crippen LogP contribution is 2.25. The van der Waals surface area contributed by atoms with Crippen LogP contribution in [0.1, 0.15) is 0 Å². The number of imide groups is 1. The Balaban J connectivity index is 1.95. The maximum atomic E-state index is 11.8. The van der Waals surface area contributed by atoms with Crippen molar-refractivity contribution in [1.29, 1.82) is 0 Å². The van der Waals surface area contributed by atoms with E-state index in [9.17, 15) is 9.59 Å². The van der Waals surface area contributed by atoms with Gasteiger partial charge in [-0.3, -0.25) is 9.69 Å². The van der Waals surface area contributed by atoms with Crippen molar-refractivity contribution in [3.05, 3.63) is 27.7 Å². The standard InChI is InChI=1S/C11H11BrClN3O2/c12-7-1-2-9(8(13)5-7)15-6-10(17)16-4-3-14-11(16)18/h1-2,5,15H,3-4,6H2,(H,14,18). The van der Waals surface area contributed by atoms with Gasteiger partial charge in [0.15, 0.2) is 0 Å². The van der Waals surface area contributed by atoms with Crippen LogP contribution < -0.4 is 10.6 Å². The van der Waals surface area contributed by atoms with Gasteiger partial charge in [0.05, 0.1) is 17.3 Å². The third-order valence-corrected chi connectivity index (χ3v) is 3.32. The predicted octanol–water partition coefficient (Wildman–Crippen LogP) is 2.07. The summed E-state index contributed by atoms with van der Waals surface area (Å²) in [5, 5.41) is 6.00. The maximum Gasteiger partial charge on any atom is 0.324 e. The number of nitrogens with zero attached hydrogens (tertiary/aromatic N) is 1. The molecule has 0 spiro atoms. The molecule has 0 unspecified atom stereocenters. The number of benzene rings is 1. The van der Waals surface area contributed by atoms with Crippen LogP contribution in [0.3, 0.4) is 0 Å². The lowest BCUT2D eigenvalue weighted by Gasteiger charge is -2.13. The Morgan fingerprint density at radius 1 is 1.56 bits per heavy atom. The Bertz CT molecular complexity index is 495. The normalized spacial score (nSPS) is 14.6. The predicted molar refractivity (Wildman–Crippen MR) is 72.8 cm³/mol. The van der Waals surface area contributed by atoms with Crippen LogP contribution in [0.25, 0.3) is 0 Å². The first-order valence-corrected chi connectivity index (χ1v) is 6.52. The summed E-state index contributed by atoms with van der Waals surface area (Å²) < 4.78 is 0.864. The number of nitrogens with one attached hydrogen (secondary N) is 2. The van der Waals surface area contributed by atoms with Gasteiger partial charge in [-0.2, -0.15) is 0 Å². The molecule has 1 aliphatic rings. The minimum atomic E-state index is -0.344. The van der Waals surface area contributed by atoms with Crippen molar-refractivity contribution in [3.8, 4) is 0 Å². The number of halogens is 2. The van der Waals surface area contributed by atoms with Crippen LogP contribution in [-0.2, 0) is 4.79 Å². The van der Waals surface area contributed by atoms with Crippen LogP contribution in [0.15, 0.2) is 22.7 Å². The molecule has 1 saturated heterocycles. The van der Waals surface area contributed by atoms with Gasteiger partial charge in [0.1, 0.15) is 0 Å². The molecule has 96 valence electrons. The Hall–Kier alpha value is -1.27. The quantitative estimate of drug-likeness (QED) is 0.891. The SMILES string of the molecule is O=C(CNc1ccc(Br)cc1Cl)N1CCNC1=O. The fourth-order valence-corrected chi connectivity index (χ4v) is 2.35. The van der Waals surface area contributed by atoms with E-state index in [0.29, 0.717) is 23.8 Å². The van der Waals surface area contributed by atoms with Crippen molar-refractivity contribution in [2.24, 2.45) is 0 Å². The highest BCUT2D eigenvalue weighted by molar-refractivity contribution is 9.10. The molecule has 0 aliphatic carbocycles. The number of amides is 3. The summed E-state index contributed by atoms with van der Waals surface area (Å²) >= 11 is 9.30. The van der Waals surface area contributed by atoms with Crippen molar-refractivity contribution in [1.82, 2.24) is 10.2 Å². The highest BCUT2D eigenvalue weighted by Gasteiger charge is 2.25. The molecule has 0 atom stereocenters. The monoisotopic (exact) mass is 331 g/mol. The first-order chi connectivity index (χ1) is 8.58. The number of hydrogen-bond acceptors (Lipinski definition) is 3. The molecule has 0 aromatic heterocycles. The van der Waals surface area contributed by atoms with E-state index in [-0.39, 0.29) is 18.5 Å². The minimum Gasteiger partial charge on any atom is -0.375 e. The van der Waals surface area contributed by atoms with Crippen LogP contribution in [0.4, 0.5) is 10.5 Å². The second kappa shape index (κ2) is 5.58. The van der Waals surface area contributed by atoms with Gasteiger partial charge in [-0.1, -0.05) is 27.5 Å². The number of carbonyl (C=O) groups excluding carboxylic acids is 2. The average Bonchev–Trinajstić information content (AvgIpc) is 2.74. The van der Waals surface area contributed by atoms with Crippen LogP contribution >= 0.6 is 27.5 Å². The van der Waals surface area contributed by atoms with Crippen molar-refractivity contribution >= 4 is 45.2 Å². The molecule has 7 heteroatoms. The molecule has 2 N–H and O–H groups in total. The van der Waals surface area contributed by atoms with Gasteiger partial charge in [0.2, 0.25) is 5.91 Å². The van der Waals surface area contributed by atoms with Gasteiger partial charge in [-0.05, 0) is 18.2 Å². The third-order valence-electron chi connectivity index (χ3n) is 2.52. The minimum absolute atomic E-state index is 0.0365. The first-order valence-electron chi connectivity index (χ1n) is 5.35. The van der Waals surface area contributed by atoms with Gasteiger partial charge in [0, 0.05) is 17.6 Å². The zero-order valence-corrected chi connectivity index (χ0v) is 11.7. The fraction of sp³-hybridized carbons (Fsp3) is 0.273. The molecule has 0 radical (unpaired) electrons. The van der Waals surface area contributed by atoms with Gasteiger partial charge < -0.3 is 10.6 Å². The van der Waals surface area contributed by atoms with E-state index in [1.165, 1.54) is 4.90 Å². The number of rotatable bonds is 3. The molecular formula is C11H11BrClN3O2. The summed E-state index contributed by atoms with van der Waals surface area (Å²) in [5.74, 6) is -0.274. The maximum absolute atomic E-state index is 11.8. The largest absolute Gasteiger partial charge is 0.375 e. The van der Waals surface area contributed by atoms with Crippen molar-refractivity contribution in [2.45, 2.75) is 0 Å². The summed E-state index contributed by atoms with van der Waals surface area (Å²) in [6, 6.07) is 4.98. The second-order valence-corrected chi connectivity index (χ2v) is 5.08. The molecule has 0 bridgehead atoms. The lowest BCUT2D eigenvalue weighted by Crippen LogP contribution is -2.38. The Kier molecular flexibility index (Phi) is 4.08. The smallest absolute Gasteiger partial charge is 0.324 e. The third kappa shape index (κ3) is 2.94. The average molecular weight is 333 g/mol. The van der Waals surface area contributed by atoms with Gasteiger partial charge in [-0.15, -0.1) is 0 Å². The van der Waals surface area contributed by atoms with Gasteiger partial charge in [0.25, 0.3) is 0 Å².